The molecule has 0 spiro atoms. The fourth-order valence-electron chi connectivity index (χ4n) is 2.69. The average Bonchev–Trinajstić information content (AvgIpc) is 2.95. The zero-order chi connectivity index (χ0) is 17.9. The molecule has 0 saturated carbocycles. The summed E-state index contributed by atoms with van der Waals surface area (Å²) in [7, 11) is 0. The molecule has 0 aliphatic rings. The SMILES string of the molecule is CCOC(=O)c1c(CC)c(C(C)(C)C)nn1-c1cccc(C#N)c1. The number of esters is 1. The van der Waals surface area contributed by atoms with E-state index in [-0.39, 0.29) is 11.4 Å². The highest BCUT2D eigenvalue weighted by Crippen LogP contribution is 2.30. The van der Waals surface area contributed by atoms with Gasteiger partial charge in [0.05, 0.1) is 29.6 Å². The predicted octanol–water partition coefficient (Wildman–Crippen LogP) is 3.78. The first-order valence-electron chi connectivity index (χ1n) is 8.13. The highest BCUT2D eigenvalue weighted by molar-refractivity contribution is 5.90. The van der Waals surface area contributed by atoms with Gasteiger partial charge in [-0.05, 0) is 31.5 Å². The van der Waals surface area contributed by atoms with E-state index in [0.29, 0.717) is 30.0 Å². The monoisotopic (exact) mass is 325 g/mol. The number of carbonyl (C=O) groups is 1. The molecular formula is C19H23N3O2. The Balaban J connectivity index is 2.76. The molecule has 0 fully saturated rings. The van der Waals surface area contributed by atoms with Gasteiger partial charge in [0.15, 0.2) is 5.69 Å². The van der Waals surface area contributed by atoms with Crippen LogP contribution in [0.15, 0.2) is 24.3 Å². The van der Waals surface area contributed by atoms with Crippen LogP contribution in [0.5, 0.6) is 0 Å². The van der Waals surface area contributed by atoms with Gasteiger partial charge in [-0.2, -0.15) is 10.4 Å². The molecule has 1 aromatic carbocycles. The molecule has 0 bridgehead atoms. The largest absolute Gasteiger partial charge is 0.461 e. The first-order chi connectivity index (χ1) is 11.3. The molecule has 2 rings (SSSR count). The second kappa shape index (κ2) is 6.88. The molecule has 5 nitrogen and oxygen atoms in total. The molecule has 0 aliphatic heterocycles. The molecule has 0 aliphatic carbocycles. The maximum atomic E-state index is 12.6. The van der Waals surface area contributed by atoms with Crippen molar-refractivity contribution >= 4 is 5.97 Å². The molecular weight excluding hydrogens is 302 g/mol. The fraction of sp³-hybridized carbons (Fsp3) is 0.421. The number of carbonyl (C=O) groups excluding carboxylic acids is 1. The lowest BCUT2D eigenvalue weighted by Crippen LogP contribution is -2.15. The summed E-state index contributed by atoms with van der Waals surface area (Å²) in [4.78, 5) is 12.6. The van der Waals surface area contributed by atoms with Crippen molar-refractivity contribution in [1.82, 2.24) is 9.78 Å². The standard InChI is InChI=1S/C19H23N3O2/c1-6-15-16(18(23)24-7-2)22(21-17(15)19(3,4)5)14-10-8-9-13(11-14)12-20/h8-11H,6-7H2,1-5H3. The molecule has 0 amide bonds. The van der Waals surface area contributed by atoms with Crippen LogP contribution in [-0.2, 0) is 16.6 Å². The van der Waals surface area contributed by atoms with E-state index in [1.165, 1.54) is 0 Å². The molecule has 0 saturated heterocycles. The van der Waals surface area contributed by atoms with E-state index >= 15 is 0 Å². The molecule has 0 N–H and O–H groups in total. The summed E-state index contributed by atoms with van der Waals surface area (Å²) >= 11 is 0. The number of rotatable bonds is 4. The van der Waals surface area contributed by atoms with E-state index in [1.54, 1.807) is 29.8 Å². The van der Waals surface area contributed by atoms with Crippen molar-refractivity contribution in [2.45, 2.75) is 46.5 Å². The highest BCUT2D eigenvalue weighted by atomic mass is 16.5. The predicted molar refractivity (Wildman–Crippen MR) is 92.3 cm³/mol. The number of nitrogens with zero attached hydrogens (tertiary/aromatic N) is 3. The van der Waals surface area contributed by atoms with E-state index in [4.69, 9.17) is 15.1 Å². The van der Waals surface area contributed by atoms with Crippen molar-refractivity contribution in [3.63, 3.8) is 0 Å². The topological polar surface area (TPSA) is 67.9 Å². The van der Waals surface area contributed by atoms with Crippen LogP contribution in [0.1, 0.15) is 61.9 Å². The Morgan fingerprint density at radius 1 is 1.33 bits per heavy atom. The lowest BCUT2D eigenvalue weighted by atomic mass is 9.88. The second-order valence-corrected chi connectivity index (χ2v) is 6.57. The van der Waals surface area contributed by atoms with Crippen molar-refractivity contribution in [2.75, 3.05) is 6.61 Å². The Morgan fingerprint density at radius 2 is 2.04 bits per heavy atom. The van der Waals surface area contributed by atoms with Crippen LogP contribution >= 0.6 is 0 Å². The minimum atomic E-state index is -0.389. The van der Waals surface area contributed by atoms with Gasteiger partial charge in [0.1, 0.15) is 0 Å². The Kier molecular flexibility index (Phi) is 5.08. The van der Waals surface area contributed by atoms with Gasteiger partial charge < -0.3 is 4.74 Å². The van der Waals surface area contributed by atoms with Crippen LogP contribution in [-0.4, -0.2) is 22.4 Å². The molecule has 0 radical (unpaired) electrons. The quantitative estimate of drug-likeness (QED) is 0.802. The maximum Gasteiger partial charge on any atom is 0.357 e. The Hall–Kier alpha value is -2.61. The van der Waals surface area contributed by atoms with Gasteiger partial charge in [0.25, 0.3) is 0 Å². The van der Waals surface area contributed by atoms with Crippen LogP contribution in [0.4, 0.5) is 0 Å². The molecule has 126 valence electrons. The van der Waals surface area contributed by atoms with Gasteiger partial charge >= 0.3 is 5.97 Å². The number of ether oxygens (including phenoxy) is 1. The minimum Gasteiger partial charge on any atom is -0.461 e. The number of hydrogen-bond acceptors (Lipinski definition) is 4. The Labute approximate surface area is 142 Å². The van der Waals surface area contributed by atoms with E-state index < -0.39 is 0 Å². The first-order valence-corrected chi connectivity index (χ1v) is 8.13. The van der Waals surface area contributed by atoms with Gasteiger partial charge in [-0.1, -0.05) is 33.8 Å². The molecule has 5 heteroatoms. The number of nitriles is 1. The summed E-state index contributed by atoms with van der Waals surface area (Å²) in [6.07, 6.45) is 0.679. The summed E-state index contributed by atoms with van der Waals surface area (Å²) in [5.41, 5.74) is 3.21. The summed E-state index contributed by atoms with van der Waals surface area (Å²) in [5.74, 6) is -0.389. The second-order valence-electron chi connectivity index (χ2n) is 6.57. The zero-order valence-electron chi connectivity index (χ0n) is 14.9. The van der Waals surface area contributed by atoms with Crippen molar-refractivity contribution in [3.05, 3.63) is 46.8 Å². The molecule has 0 atom stereocenters. The summed E-state index contributed by atoms with van der Waals surface area (Å²) < 4.78 is 6.86. The van der Waals surface area contributed by atoms with E-state index in [0.717, 1.165) is 11.3 Å². The third-order valence-corrected chi connectivity index (χ3v) is 3.74. The molecule has 0 unspecified atom stereocenters. The molecule has 2 aromatic rings. The lowest BCUT2D eigenvalue weighted by Gasteiger charge is -2.17. The van der Waals surface area contributed by atoms with Crippen LogP contribution in [0.3, 0.4) is 0 Å². The van der Waals surface area contributed by atoms with Gasteiger partial charge in [0, 0.05) is 11.0 Å². The molecule has 1 aromatic heterocycles. The molecule has 24 heavy (non-hydrogen) atoms. The lowest BCUT2D eigenvalue weighted by molar-refractivity contribution is 0.0514. The third kappa shape index (κ3) is 3.33. The van der Waals surface area contributed by atoms with E-state index in [1.807, 2.05) is 13.0 Å². The van der Waals surface area contributed by atoms with Crippen LogP contribution in [0, 0.1) is 11.3 Å². The van der Waals surface area contributed by atoms with Crippen LogP contribution < -0.4 is 0 Å². The minimum absolute atomic E-state index is 0.204. The van der Waals surface area contributed by atoms with Gasteiger partial charge in [-0.25, -0.2) is 9.48 Å². The maximum absolute atomic E-state index is 12.6. The van der Waals surface area contributed by atoms with Crippen molar-refractivity contribution in [1.29, 1.82) is 5.26 Å². The van der Waals surface area contributed by atoms with E-state index in [9.17, 15) is 4.79 Å². The first kappa shape index (κ1) is 17.7. The van der Waals surface area contributed by atoms with Crippen molar-refractivity contribution in [2.24, 2.45) is 0 Å². The summed E-state index contributed by atoms with van der Waals surface area (Å²) in [6.45, 7) is 10.3. The van der Waals surface area contributed by atoms with E-state index in [2.05, 4.69) is 26.8 Å². The zero-order valence-corrected chi connectivity index (χ0v) is 14.9. The number of hydrogen-bond donors (Lipinski definition) is 0. The highest BCUT2D eigenvalue weighted by Gasteiger charge is 2.30. The van der Waals surface area contributed by atoms with Crippen molar-refractivity contribution < 1.29 is 9.53 Å². The average molecular weight is 325 g/mol. The van der Waals surface area contributed by atoms with Gasteiger partial charge in [0.2, 0.25) is 0 Å². The summed E-state index contributed by atoms with van der Waals surface area (Å²) in [5, 5.41) is 13.8. The van der Waals surface area contributed by atoms with Crippen LogP contribution in [0.25, 0.3) is 5.69 Å². The van der Waals surface area contributed by atoms with Gasteiger partial charge in [-0.15, -0.1) is 0 Å². The normalized spacial score (nSPS) is 11.2. The van der Waals surface area contributed by atoms with Crippen molar-refractivity contribution in [3.8, 4) is 11.8 Å². The number of benzene rings is 1. The van der Waals surface area contributed by atoms with Crippen LogP contribution in [0.2, 0.25) is 0 Å². The Bertz CT molecular complexity index is 792. The van der Waals surface area contributed by atoms with Gasteiger partial charge in [-0.3, -0.25) is 0 Å². The smallest absolute Gasteiger partial charge is 0.357 e. The fourth-order valence-corrected chi connectivity index (χ4v) is 2.69. The molecule has 1 heterocycles. The summed E-state index contributed by atoms with van der Waals surface area (Å²) in [6, 6.07) is 9.19. The Morgan fingerprint density at radius 3 is 2.58 bits per heavy atom. The number of aromatic nitrogens is 2. The third-order valence-electron chi connectivity index (χ3n) is 3.74.